The average molecular weight is 366 g/mol. The number of hydrogen-bond acceptors (Lipinski definition) is 3. The van der Waals surface area contributed by atoms with E-state index in [0.717, 1.165) is 0 Å². The molecule has 0 aliphatic carbocycles. The van der Waals surface area contributed by atoms with E-state index in [-0.39, 0.29) is 11.6 Å². The maximum absolute atomic E-state index is 11.4. The van der Waals surface area contributed by atoms with Gasteiger partial charge in [0.05, 0.1) is 10.6 Å². The molecule has 1 aromatic rings. The Morgan fingerprint density at radius 3 is 2.71 bits per heavy atom. The lowest BCUT2D eigenvalue weighted by atomic mass is 10.2. The van der Waals surface area contributed by atoms with Crippen LogP contribution in [-0.2, 0) is 4.79 Å². The van der Waals surface area contributed by atoms with Crippen LogP contribution in [0.3, 0.4) is 0 Å². The van der Waals surface area contributed by atoms with Crippen molar-refractivity contribution in [1.29, 1.82) is 0 Å². The molecule has 0 aromatic heterocycles. The standard InChI is InChI=1S/C10H10Br2N2O3/c1-6-4-7(12)8(5-9(6)14(16)17)13-10(15)2-3-11/h4-5H,2-3H2,1H3,(H,13,15). The number of halogens is 2. The monoisotopic (exact) mass is 364 g/mol. The zero-order chi connectivity index (χ0) is 13.0. The number of nitro benzene ring substituents is 1. The van der Waals surface area contributed by atoms with Gasteiger partial charge >= 0.3 is 0 Å². The number of benzene rings is 1. The van der Waals surface area contributed by atoms with Gasteiger partial charge in [-0.15, -0.1) is 0 Å². The van der Waals surface area contributed by atoms with Gasteiger partial charge in [-0.2, -0.15) is 0 Å². The summed E-state index contributed by atoms with van der Waals surface area (Å²) in [5.41, 5.74) is 0.941. The van der Waals surface area contributed by atoms with Gasteiger partial charge in [0, 0.05) is 27.9 Å². The topological polar surface area (TPSA) is 72.2 Å². The van der Waals surface area contributed by atoms with Gasteiger partial charge in [-0.3, -0.25) is 14.9 Å². The highest BCUT2D eigenvalue weighted by Gasteiger charge is 2.15. The molecule has 0 unspecified atom stereocenters. The van der Waals surface area contributed by atoms with Crippen molar-refractivity contribution in [1.82, 2.24) is 0 Å². The van der Waals surface area contributed by atoms with E-state index >= 15 is 0 Å². The van der Waals surface area contributed by atoms with Crippen molar-refractivity contribution < 1.29 is 9.72 Å². The third-order valence-electron chi connectivity index (χ3n) is 2.08. The van der Waals surface area contributed by atoms with Crippen molar-refractivity contribution in [3.05, 3.63) is 32.3 Å². The second-order valence-electron chi connectivity index (χ2n) is 3.36. The van der Waals surface area contributed by atoms with Gasteiger partial charge in [-0.1, -0.05) is 15.9 Å². The predicted octanol–water partition coefficient (Wildman–Crippen LogP) is 3.39. The number of nitro groups is 1. The summed E-state index contributed by atoms with van der Waals surface area (Å²) in [6.45, 7) is 1.65. The van der Waals surface area contributed by atoms with Gasteiger partial charge in [0.15, 0.2) is 0 Å². The van der Waals surface area contributed by atoms with Crippen LogP contribution in [0.15, 0.2) is 16.6 Å². The van der Waals surface area contributed by atoms with Crippen LogP contribution in [0, 0.1) is 17.0 Å². The van der Waals surface area contributed by atoms with Crippen molar-refractivity contribution >= 4 is 49.1 Å². The predicted molar refractivity (Wildman–Crippen MR) is 72.6 cm³/mol. The molecule has 1 amide bonds. The van der Waals surface area contributed by atoms with E-state index in [4.69, 9.17) is 0 Å². The van der Waals surface area contributed by atoms with Crippen LogP contribution in [0.5, 0.6) is 0 Å². The summed E-state index contributed by atoms with van der Waals surface area (Å²) in [6, 6.07) is 2.97. The number of nitrogens with one attached hydrogen (secondary N) is 1. The number of aryl methyl sites for hydroxylation is 1. The Morgan fingerprint density at radius 2 is 2.18 bits per heavy atom. The molecule has 0 aliphatic rings. The molecule has 0 atom stereocenters. The molecule has 0 saturated heterocycles. The van der Waals surface area contributed by atoms with Crippen LogP contribution in [0.1, 0.15) is 12.0 Å². The fourth-order valence-electron chi connectivity index (χ4n) is 1.25. The molecule has 1 rings (SSSR count). The quantitative estimate of drug-likeness (QED) is 0.505. The van der Waals surface area contributed by atoms with E-state index in [0.29, 0.717) is 27.5 Å². The Hall–Kier alpha value is -0.950. The molecule has 0 aliphatic heterocycles. The lowest BCUT2D eigenvalue weighted by Crippen LogP contribution is -2.12. The van der Waals surface area contributed by atoms with Crippen molar-refractivity contribution in [3.8, 4) is 0 Å². The number of nitrogens with zero attached hydrogens (tertiary/aromatic N) is 1. The zero-order valence-corrected chi connectivity index (χ0v) is 12.2. The smallest absolute Gasteiger partial charge is 0.274 e. The minimum absolute atomic E-state index is 0.0117. The van der Waals surface area contributed by atoms with Gasteiger partial charge in [-0.25, -0.2) is 0 Å². The number of carbonyl (C=O) groups excluding carboxylic acids is 1. The third-order valence-corrected chi connectivity index (χ3v) is 3.13. The second-order valence-corrected chi connectivity index (χ2v) is 5.01. The van der Waals surface area contributed by atoms with E-state index < -0.39 is 4.92 Å². The highest BCUT2D eigenvalue weighted by Crippen LogP contribution is 2.30. The molecule has 0 radical (unpaired) electrons. The summed E-state index contributed by atoms with van der Waals surface area (Å²) in [5.74, 6) is -0.194. The number of carbonyl (C=O) groups is 1. The van der Waals surface area contributed by atoms with E-state index in [1.165, 1.54) is 6.07 Å². The van der Waals surface area contributed by atoms with Gasteiger partial charge in [-0.05, 0) is 28.9 Å². The Morgan fingerprint density at radius 1 is 1.53 bits per heavy atom. The Balaban J connectivity index is 3.03. The van der Waals surface area contributed by atoms with E-state index in [1.807, 2.05) is 0 Å². The van der Waals surface area contributed by atoms with E-state index in [1.54, 1.807) is 13.0 Å². The molecule has 0 spiro atoms. The van der Waals surface area contributed by atoms with Crippen molar-refractivity contribution in [2.45, 2.75) is 13.3 Å². The second kappa shape index (κ2) is 6.11. The molecule has 1 N–H and O–H groups in total. The number of amides is 1. The normalized spacial score (nSPS) is 10.1. The zero-order valence-electron chi connectivity index (χ0n) is 9.00. The summed E-state index contributed by atoms with van der Waals surface area (Å²) >= 11 is 6.41. The van der Waals surface area contributed by atoms with Gasteiger partial charge in [0.1, 0.15) is 0 Å². The highest BCUT2D eigenvalue weighted by molar-refractivity contribution is 9.10. The molecule has 0 heterocycles. The molecule has 0 saturated carbocycles. The molecular formula is C10H10Br2N2O3. The maximum Gasteiger partial charge on any atom is 0.274 e. The van der Waals surface area contributed by atoms with Crippen LogP contribution in [0.4, 0.5) is 11.4 Å². The van der Waals surface area contributed by atoms with Gasteiger partial charge < -0.3 is 5.32 Å². The number of anilines is 1. The maximum atomic E-state index is 11.4. The summed E-state index contributed by atoms with van der Waals surface area (Å²) in [4.78, 5) is 21.7. The minimum atomic E-state index is -0.470. The molecule has 1 aromatic carbocycles. The summed E-state index contributed by atoms with van der Waals surface area (Å²) in [7, 11) is 0. The number of alkyl halides is 1. The molecule has 7 heteroatoms. The highest BCUT2D eigenvalue weighted by atomic mass is 79.9. The number of hydrogen-bond donors (Lipinski definition) is 1. The van der Waals surface area contributed by atoms with Crippen LogP contribution >= 0.6 is 31.9 Å². The first-order valence-electron chi connectivity index (χ1n) is 4.76. The average Bonchev–Trinajstić information content (AvgIpc) is 2.21. The Kier molecular flexibility index (Phi) is 5.07. The lowest BCUT2D eigenvalue weighted by Gasteiger charge is -2.08. The minimum Gasteiger partial charge on any atom is -0.325 e. The molecular weight excluding hydrogens is 356 g/mol. The SMILES string of the molecule is Cc1cc(Br)c(NC(=O)CCBr)cc1[N+](=O)[O-]. The van der Waals surface area contributed by atoms with Crippen molar-refractivity contribution in [2.24, 2.45) is 0 Å². The molecule has 0 bridgehead atoms. The largest absolute Gasteiger partial charge is 0.325 e. The Labute approximate surface area is 115 Å². The first kappa shape index (κ1) is 14.1. The van der Waals surface area contributed by atoms with Gasteiger partial charge in [0.25, 0.3) is 5.69 Å². The van der Waals surface area contributed by atoms with Gasteiger partial charge in [0.2, 0.25) is 5.91 Å². The summed E-state index contributed by atoms with van der Waals surface area (Å²) in [6.07, 6.45) is 0.314. The third kappa shape index (κ3) is 3.78. The summed E-state index contributed by atoms with van der Waals surface area (Å²) in [5, 5.41) is 13.9. The fraction of sp³-hybridized carbons (Fsp3) is 0.300. The Bertz CT molecular complexity index is 463. The van der Waals surface area contributed by atoms with E-state index in [9.17, 15) is 14.9 Å². The van der Waals surface area contributed by atoms with Crippen molar-refractivity contribution in [3.63, 3.8) is 0 Å². The van der Waals surface area contributed by atoms with Crippen LogP contribution in [0.2, 0.25) is 0 Å². The first-order valence-corrected chi connectivity index (χ1v) is 6.67. The van der Waals surface area contributed by atoms with Crippen LogP contribution in [-0.4, -0.2) is 16.2 Å². The molecule has 92 valence electrons. The summed E-state index contributed by atoms with van der Waals surface area (Å²) < 4.78 is 0.628. The van der Waals surface area contributed by atoms with E-state index in [2.05, 4.69) is 37.2 Å². The number of rotatable bonds is 4. The fourth-order valence-corrected chi connectivity index (χ4v) is 2.17. The lowest BCUT2D eigenvalue weighted by molar-refractivity contribution is -0.385. The van der Waals surface area contributed by atoms with Crippen molar-refractivity contribution in [2.75, 3.05) is 10.6 Å². The molecule has 5 nitrogen and oxygen atoms in total. The van der Waals surface area contributed by atoms with Crippen LogP contribution in [0.25, 0.3) is 0 Å². The van der Waals surface area contributed by atoms with Crippen LogP contribution < -0.4 is 5.32 Å². The molecule has 0 fully saturated rings. The molecule has 17 heavy (non-hydrogen) atoms. The first-order chi connectivity index (χ1) is 7.95.